The van der Waals surface area contributed by atoms with Crippen LogP contribution >= 0.6 is 11.8 Å². The van der Waals surface area contributed by atoms with E-state index in [1.54, 1.807) is 10.8 Å². The Morgan fingerprint density at radius 1 is 1.50 bits per heavy atom. The average Bonchev–Trinajstić information content (AvgIpc) is 2.71. The Hall–Kier alpha value is -1.76. The fourth-order valence-electron chi connectivity index (χ4n) is 1.52. The maximum Gasteiger partial charge on any atom is 0.343 e. The molecule has 0 fully saturated rings. The number of H-pyrrole nitrogens is 1. The summed E-state index contributed by atoms with van der Waals surface area (Å²) in [5, 5.41) is 10.3. The van der Waals surface area contributed by atoms with E-state index in [-0.39, 0.29) is 5.69 Å². The molecule has 18 heavy (non-hydrogen) atoms. The minimum absolute atomic E-state index is 0.180. The van der Waals surface area contributed by atoms with Crippen molar-refractivity contribution in [1.29, 1.82) is 0 Å². The lowest BCUT2D eigenvalue weighted by Crippen LogP contribution is -2.15. The van der Waals surface area contributed by atoms with E-state index in [9.17, 15) is 4.79 Å². The summed E-state index contributed by atoms with van der Waals surface area (Å²) in [5.41, 5.74) is -0.180. The highest BCUT2D eigenvalue weighted by atomic mass is 32.2. The van der Waals surface area contributed by atoms with Crippen molar-refractivity contribution in [2.75, 3.05) is 11.9 Å². The lowest BCUT2D eigenvalue weighted by molar-refractivity contribution is 0.660. The summed E-state index contributed by atoms with van der Waals surface area (Å²) in [7, 11) is 0. The second kappa shape index (κ2) is 5.72. The molecule has 0 amide bonds. The monoisotopic (exact) mass is 265 g/mol. The predicted molar refractivity (Wildman–Crippen MR) is 71.0 cm³/mol. The van der Waals surface area contributed by atoms with Crippen molar-refractivity contribution in [1.82, 2.24) is 19.7 Å². The summed E-state index contributed by atoms with van der Waals surface area (Å²) in [6, 6.07) is 3.83. The van der Waals surface area contributed by atoms with Crippen molar-refractivity contribution in [3.05, 3.63) is 28.8 Å². The fraction of sp³-hybridized carbons (Fsp3) is 0.364. The molecule has 0 atom stereocenters. The van der Waals surface area contributed by atoms with Gasteiger partial charge in [-0.05, 0) is 37.7 Å². The van der Waals surface area contributed by atoms with Gasteiger partial charge in [0.25, 0.3) is 0 Å². The zero-order valence-corrected chi connectivity index (χ0v) is 11.1. The highest BCUT2D eigenvalue weighted by molar-refractivity contribution is 7.99. The fourth-order valence-corrected chi connectivity index (χ4v) is 2.44. The summed E-state index contributed by atoms with van der Waals surface area (Å²) >= 11 is 1.44. The number of pyridine rings is 1. The first-order valence-electron chi connectivity index (χ1n) is 5.77. The van der Waals surface area contributed by atoms with Crippen LogP contribution in [0.1, 0.15) is 13.8 Å². The number of hydrogen-bond donors (Lipinski definition) is 2. The summed E-state index contributed by atoms with van der Waals surface area (Å²) < 4.78 is 1.60. The van der Waals surface area contributed by atoms with Gasteiger partial charge in [0.2, 0.25) is 0 Å². The number of rotatable bonds is 5. The third kappa shape index (κ3) is 2.73. The minimum atomic E-state index is -0.180. The van der Waals surface area contributed by atoms with Crippen LogP contribution in [-0.4, -0.2) is 26.3 Å². The number of nitrogens with zero attached hydrogens (tertiary/aromatic N) is 3. The van der Waals surface area contributed by atoms with Crippen LogP contribution in [0.5, 0.6) is 0 Å². The SMILES string of the molecule is CCNc1cc(Sc2n[nH]c(=O)n2CC)ccn1. The molecule has 0 aliphatic carbocycles. The molecular formula is C11H15N5OS. The number of anilines is 1. The Balaban J connectivity index is 2.22. The van der Waals surface area contributed by atoms with Crippen LogP contribution in [0, 0.1) is 0 Å². The zero-order chi connectivity index (χ0) is 13.0. The number of hydrogen-bond acceptors (Lipinski definition) is 5. The first kappa shape index (κ1) is 12.7. The van der Waals surface area contributed by atoms with Crippen molar-refractivity contribution in [2.45, 2.75) is 30.4 Å². The Morgan fingerprint density at radius 2 is 2.33 bits per heavy atom. The summed E-state index contributed by atoms with van der Waals surface area (Å²) in [5.74, 6) is 0.823. The third-order valence-corrected chi connectivity index (χ3v) is 3.32. The van der Waals surface area contributed by atoms with Gasteiger partial charge >= 0.3 is 5.69 Å². The lowest BCUT2D eigenvalue weighted by atomic mass is 10.4. The van der Waals surface area contributed by atoms with E-state index >= 15 is 0 Å². The molecule has 7 heteroatoms. The molecule has 2 N–H and O–H groups in total. The maximum atomic E-state index is 11.4. The quantitative estimate of drug-likeness (QED) is 0.858. The molecule has 0 bridgehead atoms. The van der Waals surface area contributed by atoms with Gasteiger partial charge < -0.3 is 5.32 Å². The molecule has 0 aromatic carbocycles. The van der Waals surface area contributed by atoms with Crippen LogP contribution < -0.4 is 11.0 Å². The van der Waals surface area contributed by atoms with Gasteiger partial charge in [0.1, 0.15) is 5.82 Å². The van der Waals surface area contributed by atoms with Crippen LogP contribution in [0.2, 0.25) is 0 Å². The van der Waals surface area contributed by atoms with E-state index in [2.05, 4.69) is 20.5 Å². The normalized spacial score (nSPS) is 10.6. The van der Waals surface area contributed by atoms with E-state index in [1.165, 1.54) is 11.8 Å². The molecule has 0 aliphatic rings. The summed E-state index contributed by atoms with van der Waals surface area (Å²) in [4.78, 5) is 16.6. The summed E-state index contributed by atoms with van der Waals surface area (Å²) in [6.07, 6.45) is 1.74. The Morgan fingerprint density at radius 3 is 3.06 bits per heavy atom. The molecular weight excluding hydrogens is 250 g/mol. The van der Waals surface area contributed by atoms with E-state index in [1.807, 2.05) is 26.0 Å². The van der Waals surface area contributed by atoms with E-state index in [0.717, 1.165) is 17.3 Å². The maximum absolute atomic E-state index is 11.4. The molecule has 2 aromatic rings. The molecule has 96 valence electrons. The Bertz CT molecular complexity index is 577. The second-order valence-corrected chi connectivity index (χ2v) is 4.61. The lowest BCUT2D eigenvalue weighted by Gasteiger charge is -2.05. The molecule has 0 unspecified atom stereocenters. The van der Waals surface area contributed by atoms with Gasteiger partial charge in [-0.1, -0.05) is 0 Å². The minimum Gasteiger partial charge on any atom is -0.370 e. The molecule has 0 saturated carbocycles. The van der Waals surface area contributed by atoms with Gasteiger partial charge in [-0.15, -0.1) is 5.10 Å². The molecule has 0 spiro atoms. The van der Waals surface area contributed by atoms with E-state index < -0.39 is 0 Å². The second-order valence-electron chi connectivity index (χ2n) is 3.56. The average molecular weight is 265 g/mol. The number of aromatic nitrogens is 4. The highest BCUT2D eigenvalue weighted by Crippen LogP contribution is 2.25. The van der Waals surface area contributed by atoms with Gasteiger partial charge in [0.05, 0.1) is 0 Å². The number of aromatic amines is 1. The summed E-state index contributed by atoms with van der Waals surface area (Å²) in [6.45, 7) is 5.35. The Kier molecular flexibility index (Phi) is 4.03. The van der Waals surface area contributed by atoms with Crippen molar-refractivity contribution < 1.29 is 0 Å². The van der Waals surface area contributed by atoms with Crippen LogP contribution in [0.15, 0.2) is 33.2 Å². The van der Waals surface area contributed by atoms with Crippen molar-refractivity contribution in [2.24, 2.45) is 0 Å². The van der Waals surface area contributed by atoms with Gasteiger partial charge in [-0.3, -0.25) is 4.57 Å². The first-order chi connectivity index (χ1) is 8.74. The van der Waals surface area contributed by atoms with E-state index in [0.29, 0.717) is 11.7 Å². The van der Waals surface area contributed by atoms with Crippen LogP contribution in [0.4, 0.5) is 5.82 Å². The molecule has 2 heterocycles. The standard InChI is InChI=1S/C11H15N5OS/c1-3-12-9-7-8(5-6-13-9)18-11-15-14-10(17)16(11)4-2/h5-7H,3-4H2,1-2H3,(H,12,13)(H,14,17). The van der Waals surface area contributed by atoms with Crippen molar-refractivity contribution in [3.8, 4) is 0 Å². The van der Waals surface area contributed by atoms with Gasteiger partial charge in [-0.2, -0.15) is 0 Å². The highest BCUT2D eigenvalue weighted by Gasteiger charge is 2.08. The largest absolute Gasteiger partial charge is 0.370 e. The molecule has 0 radical (unpaired) electrons. The van der Waals surface area contributed by atoms with Gasteiger partial charge in [0, 0.05) is 24.2 Å². The topological polar surface area (TPSA) is 75.6 Å². The molecule has 0 aliphatic heterocycles. The van der Waals surface area contributed by atoms with E-state index in [4.69, 9.17) is 0 Å². The van der Waals surface area contributed by atoms with Gasteiger partial charge in [-0.25, -0.2) is 14.9 Å². The molecule has 2 rings (SSSR count). The van der Waals surface area contributed by atoms with Crippen molar-refractivity contribution >= 4 is 17.6 Å². The number of nitrogens with one attached hydrogen (secondary N) is 2. The third-order valence-electron chi connectivity index (χ3n) is 2.34. The van der Waals surface area contributed by atoms with Crippen molar-refractivity contribution in [3.63, 3.8) is 0 Å². The Labute approximate surface area is 109 Å². The first-order valence-corrected chi connectivity index (χ1v) is 6.59. The molecule has 2 aromatic heterocycles. The van der Waals surface area contributed by atoms with Gasteiger partial charge in [0.15, 0.2) is 5.16 Å². The molecule has 6 nitrogen and oxygen atoms in total. The van der Waals surface area contributed by atoms with Crippen LogP contribution in [0.3, 0.4) is 0 Å². The molecule has 0 saturated heterocycles. The predicted octanol–water partition coefficient (Wildman–Crippen LogP) is 1.57. The van der Waals surface area contributed by atoms with Crippen LogP contribution in [0.25, 0.3) is 0 Å². The smallest absolute Gasteiger partial charge is 0.343 e. The van der Waals surface area contributed by atoms with Crippen LogP contribution in [-0.2, 0) is 6.54 Å². The zero-order valence-electron chi connectivity index (χ0n) is 10.3.